The Bertz CT molecular complexity index is 719. The molecule has 0 saturated carbocycles. The normalized spacial score (nSPS) is 12.3. The van der Waals surface area contributed by atoms with Crippen molar-refractivity contribution in [1.82, 2.24) is 9.97 Å². The third-order valence-corrected chi connectivity index (χ3v) is 4.26. The molecular formula is C10H7BrF2N2O2S. The van der Waals surface area contributed by atoms with Gasteiger partial charge in [0.25, 0.3) is 0 Å². The highest BCUT2D eigenvalue weighted by molar-refractivity contribution is 9.10. The van der Waals surface area contributed by atoms with Gasteiger partial charge < -0.3 is 0 Å². The monoisotopic (exact) mass is 336 g/mol. The lowest BCUT2D eigenvalue weighted by Crippen LogP contribution is -2.12. The van der Waals surface area contributed by atoms with Crippen LogP contribution in [0.2, 0.25) is 0 Å². The van der Waals surface area contributed by atoms with E-state index in [0.717, 1.165) is 12.4 Å². The molecule has 0 radical (unpaired) electrons. The lowest BCUT2D eigenvalue weighted by Gasteiger charge is -2.08. The maximum atomic E-state index is 12.6. The number of hydrogen-bond acceptors (Lipinski definition) is 4. The van der Waals surface area contributed by atoms with Crippen molar-refractivity contribution < 1.29 is 17.2 Å². The van der Waals surface area contributed by atoms with Crippen LogP contribution in [0.25, 0.3) is 10.9 Å². The fraction of sp³-hybridized carbons (Fsp3) is 0.200. The van der Waals surface area contributed by atoms with Crippen LogP contribution >= 0.6 is 15.9 Å². The standard InChI is InChI=1S/C10H7BrF2N2O2S/c1-5-7-2-6(11)3-8(9(7)15-4-14-5)18(16,17)10(12)13/h2-4,10H,1H3. The summed E-state index contributed by atoms with van der Waals surface area (Å²) in [5, 5.41) is 0.422. The Hall–Kier alpha value is -1.15. The van der Waals surface area contributed by atoms with Crippen LogP contribution in [0.1, 0.15) is 5.69 Å². The number of alkyl halides is 2. The molecule has 0 N–H and O–H groups in total. The van der Waals surface area contributed by atoms with E-state index in [1.165, 1.54) is 0 Å². The molecule has 1 heterocycles. The molecule has 4 nitrogen and oxygen atoms in total. The van der Waals surface area contributed by atoms with Gasteiger partial charge in [-0.15, -0.1) is 0 Å². The highest BCUT2D eigenvalue weighted by Crippen LogP contribution is 2.30. The first-order valence-electron chi connectivity index (χ1n) is 4.77. The molecule has 0 aliphatic rings. The zero-order valence-corrected chi connectivity index (χ0v) is 11.5. The Morgan fingerprint density at radius 1 is 1.28 bits per heavy atom. The summed E-state index contributed by atoms with van der Waals surface area (Å²) < 4.78 is 48.8. The summed E-state index contributed by atoms with van der Waals surface area (Å²) in [7, 11) is -4.70. The molecule has 96 valence electrons. The van der Waals surface area contributed by atoms with Crippen molar-refractivity contribution in [3.63, 3.8) is 0 Å². The van der Waals surface area contributed by atoms with Crippen LogP contribution < -0.4 is 0 Å². The van der Waals surface area contributed by atoms with Gasteiger partial charge in [-0.05, 0) is 19.1 Å². The molecular weight excluding hydrogens is 330 g/mol. The van der Waals surface area contributed by atoms with E-state index >= 15 is 0 Å². The molecule has 0 amide bonds. The summed E-state index contributed by atoms with van der Waals surface area (Å²) in [4.78, 5) is 7.20. The van der Waals surface area contributed by atoms with E-state index in [-0.39, 0.29) is 5.52 Å². The number of aryl methyl sites for hydroxylation is 1. The molecule has 1 aromatic heterocycles. The second-order valence-electron chi connectivity index (χ2n) is 3.56. The van der Waals surface area contributed by atoms with Crippen LogP contribution in [0.15, 0.2) is 27.8 Å². The fourth-order valence-corrected chi connectivity index (χ4v) is 3.06. The summed E-state index contributed by atoms with van der Waals surface area (Å²) in [5.41, 5.74) is 0.526. The van der Waals surface area contributed by atoms with E-state index in [0.29, 0.717) is 15.6 Å². The van der Waals surface area contributed by atoms with Gasteiger partial charge in [0, 0.05) is 15.6 Å². The van der Waals surface area contributed by atoms with Gasteiger partial charge in [-0.25, -0.2) is 18.4 Å². The van der Waals surface area contributed by atoms with Crippen molar-refractivity contribution >= 4 is 36.7 Å². The van der Waals surface area contributed by atoms with Crippen molar-refractivity contribution in [1.29, 1.82) is 0 Å². The third-order valence-electron chi connectivity index (χ3n) is 2.41. The smallest absolute Gasteiger partial charge is 0.241 e. The second-order valence-corrected chi connectivity index (χ2v) is 6.37. The Balaban J connectivity index is 2.92. The molecule has 2 rings (SSSR count). The quantitative estimate of drug-likeness (QED) is 0.845. The van der Waals surface area contributed by atoms with Crippen molar-refractivity contribution in [2.45, 2.75) is 17.6 Å². The molecule has 0 bridgehead atoms. The molecule has 0 fully saturated rings. The van der Waals surface area contributed by atoms with Gasteiger partial charge in [0.2, 0.25) is 9.84 Å². The van der Waals surface area contributed by atoms with E-state index in [2.05, 4.69) is 25.9 Å². The average molecular weight is 337 g/mol. The van der Waals surface area contributed by atoms with Crippen molar-refractivity contribution in [2.24, 2.45) is 0 Å². The minimum absolute atomic E-state index is 0.00556. The Labute approximate surface area is 110 Å². The molecule has 0 spiro atoms. The van der Waals surface area contributed by atoms with Crippen LogP contribution in [0, 0.1) is 6.92 Å². The molecule has 2 aromatic rings. The zero-order chi connectivity index (χ0) is 13.5. The van der Waals surface area contributed by atoms with E-state index < -0.39 is 20.5 Å². The third kappa shape index (κ3) is 2.10. The Morgan fingerprint density at radius 3 is 2.56 bits per heavy atom. The van der Waals surface area contributed by atoms with Gasteiger partial charge in [-0.1, -0.05) is 15.9 Å². The first-order chi connectivity index (χ1) is 8.34. The van der Waals surface area contributed by atoms with E-state index in [4.69, 9.17) is 0 Å². The summed E-state index contributed by atoms with van der Waals surface area (Å²) in [5.74, 6) is -3.48. The Morgan fingerprint density at radius 2 is 1.94 bits per heavy atom. The number of sulfone groups is 1. The van der Waals surface area contributed by atoms with Crippen molar-refractivity contribution in [3.8, 4) is 0 Å². The summed E-state index contributed by atoms with van der Waals surface area (Å²) in [6.45, 7) is 1.65. The molecule has 18 heavy (non-hydrogen) atoms. The number of hydrogen-bond donors (Lipinski definition) is 0. The van der Waals surface area contributed by atoms with Crippen LogP contribution in [0.5, 0.6) is 0 Å². The zero-order valence-electron chi connectivity index (χ0n) is 9.06. The largest absolute Gasteiger partial charge is 0.341 e. The Kier molecular flexibility index (Phi) is 3.33. The predicted molar refractivity (Wildman–Crippen MR) is 65.2 cm³/mol. The van der Waals surface area contributed by atoms with E-state index in [9.17, 15) is 17.2 Å². The molecule has 8 heteroatoms. The SMILES string of the molecule is Cc1ncnc2c(S(=O)(=O)C(F)F)cc(Br)cc12. The first kappa shape index (κ1) is 13.3. The lowest BCUT2D eigenvalue weighted by atomic mass is 10.2. The van der Waals surface area contributed by atoms with Crippen LogP contribution in [0.3, 0.4) is 0 Å². The lowest BCUT2D eigenvalue weighted by molar-refractivity contribution is 0.235. The molecule has 0 saturated heterocycles. The number of benzene rings is 1. The minimum Gasteiger partial charge on any atom is -0.241 e. The van der Waals surface area contributed by atoms with Crippen LogP contribution in [-0.4, -0.2) is 24.1 Å². The highest BCUT2D eigenvalue weighted by atomic mass is 79.9. The predicted octanol–water partition coefficient (Wildman–Crippen LogP) is 2.70. The molecule has 0 atom stereocenters. The summed E-state index contributed by atoms with van der Waals surface area (Å²) >= 11 is 3.09. The van der Waals surface area contributed by atoms with Gasteiger partial charge in [-0.2, -0.15) is 8.78 Å². The maximum Gasteiger partial charge on any atom is 0.341 e. The fourth-order valence-electron chi connectivity index (χ4n) is 1.54. The molecule has 0 unspecified atom stereocenters. The second kappa shape index (κ2) is 4.51. The van der Waals surface area contributed by atoms with Gasteiger partial charge in [0.05, 0.1) is 5.52 Å². The van der Waals surface area contributed by atoms with Gasteiger partial charge in [-0.3, -0.25) is 0 Å². The highest BCUT2D eigenvalue weighted by Gasteiger charge is 2.29. The van der Waals surface area contributed by atoms with Crippen LogP contribution in [-0.2, 0) is 9.84 Å². The topological polar surface area (TPSA) is 59.9 Å². The van der Waals surface area contributed by atoms with E-state index in [1.807, 2.05) is 0 Å². The summed E-state index contributed by atoms with van der Waals surface area (Å²) in [6, 6.07) is 2.71. The van der Waals surface area contributed by atoms with Gasteiger partial charge >= 0.3 is 5.76 Å². The number of fused-ring (bicyclic) bond motifs is 1. The first-order valence-corrected chi connectivity index (χ1v) is 7.11. The van der Waals surface area contributed by atoms with Gasteiger partial charge in [0.1, 0.15) is 11.2 Å². The van der Waals surface area contributed by atoms with E-state index in [1.54, 1.807) is 13.0 Å². The average Bonchev–Trinajstić information content (AvgIpc) is 2.29. The van der Waals surface area contributed by atoms with Crippen molar-refractivity contribution in [2.75, 3.05) is 0 Å². The molecule has 0 aliphatic heterocycles. The molecule has 0 aliphatic carbocycles. The summed E-state index contributed by atoms with van der Waals surface area (Å²) in [6.07, 6.45) is 1.15. The van der Waals surface area contributed by atoms with Crippen LogP contribution in [0.4, 0.5) is 8.78 Å². The minimum atomic E-state index is -4.70. The maximum absolute atomic E-state index is 12.6. The number of nitrogens with zero attached hydrogens (tertiary/aromatic N) is 2. The molecule has 1 aromatic carbocycles. The number of aromatic nitrogens is 2. The number of rotatable bonds is 2. The number of halogens is 3. The van der Waals surface area contributed by atoms with Crippen molar-refractivity contribution in [3.05, 3.63) is 28.6 Å². The van der Waals surface area contributed by atoms with Gasteiger partial charge in [0.15, 0.2) is 0 Å².